The maximum absolute atomic E-state index is 10.2. The molecule has 1 aromatic carbocycles. The molecule has 1 saturated heterocycles. The van der Waals surface area contributed by atoms with E-state index in [0.717, 1.165) is 6.07 Å². The molecule has 12 heteroatoms. The van der Waals surface area contributed by atoms with E-state index in [2.05, 4.69) is 20.2 Å². The molecule has 146 valence electrons. The smallest absolute Gasteiger partial charge is 0.232 e. The summed E-state index contributed by atoms with van der Waals surface area (Å²) in [6, 6.07) is 5.45. The molecule has 1 aliphatic rings. The number of nitrogens with zero attached hydrogens (tertiary/aromatic N) is 3. The molecule has 0 saturated carbocycles. The van der Waals surface area contributed by atoms with Gasteiger partial charge in [-0.15, -0.1) is 0 Å². The molecule has 1 aliphatic heterocycles. The van der Waals surface area contributed by atoms with Crippen LogP contribution in [-0.4, -0.2) is 66.8 Å². The molecule has 0 aliphatic carbocycles. The summed E-state index contributed by atoms with van der Waals surface area (Å²) in [5.41, 5.74) is 2.20. The molecule has 0 bridgehead atoms. The Morgan fingerprint density at radius 2 is 2.00 bits per heavy atom. The van der Waals surface area contributed by atoms with Crippen molar-refractivity contribution >= 4 is 17.5 Å². The van der Waals surface area contributed by atoms with Crippen LogP contribution in [0.1, 0.15) is 0 Å². The van der Waals surface area contributed by atoms with E-state index >= 15 is 0 Å². The van der Waals surface area contributed by atoms with Gasteiger partial charge in [0.15, 0.2) is 11.6 Å². The Hall–Kier alpha value is -2.90. The molecule has 2 heterocycles. The number of benzene rings is 1. The van der Waals surface area contributed by atoms with Gasteiger partial charge in [0.2, 0.25) is 23.9 Å². The average molecular weight is 381 g/mol. The number of aromatic nitrogens is 2. The van der Waals surface area contributed by atoms with Crippen molar-refractivity contribution in [3.05, 3.63) is 24.3 Å². The lowest BCUT2D eigenvalue weighted by Crippen LogP contribution is -2.53. The number of anilines is 3. The third kappa shape index (κ3) is 4.45. The van der Waals surface area contributed by atoms with Gasteiger partial charge in [-0.2, -0.15) is 9.97 Å². The van der Waals surface area contributed by atoms with Crippen molar-refractivity contribution in [1.29, 1.82) is 0 Å². The standard InChI is InChI=1S/C15H19N5O7/c21-7-20-5-8(6-20)14(23)26-11-3-9(1-2-10(11)27-25)16-15-17-12(19-24)4-13(22)18-15/h1-4,8,14,21,23-25H,5-7H2,(H3,16,17,18,19,22)/t14-/m1/s1. The molecule has 0 unspecified atom stereocenters. The van der Waals surface area contributed by atoms with E-state index in [1.807, 2.05) is 0 Å². The fourth-order valence-corrected chi connectivity index (χ4v) is 2.56. The molecule has 12 nitrogen and oxygen atoms in total. The summed E-state index contributed by atoms with van der Waals surface area (Å²) in [6.45, 7) is 0.847. The van der Waals surface area contributed by atoms with E-state index in [4.69, 9.17) is 20.3 Å². The highest BCUT2D eigenvalue weighted by Crippen LogP contribution is 2.33. The van der Waals surface area contributed by atoms with Crippen molar-refractivity contribution < 1.29 is 35.4 Å². The van der Waals surface area contributed by atoms with Gasteiger partial charge in [-0.1, -0.05) is 0 Å². The molecule has 27 heavy (non-hydrogen) atoms. The Morgan fingerprint density at radius 3 is 2.67 bits per heavy atom. The number of rotatable bonds is 8. The first kappa shape index (κ1) is 18.9. The second kappa shape index (κ2) is 8.20. The lowest BCUT2D eigenvalue weighted by atomic mass is 10.0. The third-order valence-corrected chi connectivity index (χ3v) is 3.96. The van der Waals surface area contributed by atoms with Crippen molar-refractivity contribution in [1.82, 2.24) is 14.9 Å². The number of aliphatic hydroxyl groups excluding tert-OH is 2. The summed E-state index contributed by atoms with van der Waals surface area (Å²) in [5.74, 6) is -0.581. The van der Waals surface area contributed by atoms with Gasteiger partial charge in [0.25, 0.3) is 0 Å². The van der Waals surface area contributed by atoms with Crippen LogP contribution in [0.25, 0.3) is 0 Å². The topological polar surface area (TPSA) is 173 Å². The van der Waals surface area contributed by atoms with Crippen molar-refractivity contribution in [2.24, 2.45) is 5.92 Å². The number of ether oxygens (including phenoxy) is 1. The monoisotopic (exact) mass is 381 g/mol. The second-order valence-corrected chi connectivity index (χ2v) is 5.87. The fourth-order valence-electron chi connectivity index (χ4n) is 2.56. The number of aliphatic hydroxyl groups is 2. The van der Waals surface area contributed by atoms with Crippen molar-refractivity contribution in [2.45, 2.75) is 6.29 Å². The molecule has 0 spiro atoms. The van der Waals surface area contributed by atoms with Crippen LogP contribution in [0.2, 0.25) is 0 Å². The van der Waals surface area contributed by atoms with Gasteiger partial charge in [0.05, 0.1) is 6.73 Å². The summed E-state index contributed by atoms with van der Waals surface area (Å²) >= 11 is 0. The van der Waals surface area contributed by atoms with E-state index in [-0.39, 0.29) is 41.8 Å². The Morgan fingerprint density at radius 1 is 1.22 bits per heavy atom. The zero-order valence-corrected chi connectivity index (χ0v) is 14.0. The molecule has 7 N–H and O–H groups in total. The minimum atomic E-state index is -1.17. The van der Waals surface area contributed by atoms with Gasteiger partial charge in [-0.25, -0.2) is 5.26 Å². The fraction of sp³-hybridized carbons (Fsp3) is 0.333. The van der Waals surface area contributed by atoms with Crippen LogP contribution in [-0.2, 0) is 0 Å². The summed E-state index contributed by atoms with van der Waals surface area (Å²) in [6.07, 6.45) is -1.17. The molecule has 1 aromatic heterocycles. The Kier molecular flexibility index (Phi) is 5.73. The first-order chi connectivity index (χ1) is 13.0. The van der Waals surface area contributed by atoms with E-state index < -0.39 is 6.29 Å². The number of likely N-dealkylation sites (tertiary alicyclic amines) is 1. The maximum Gasteiger partial charge on any atom is 0.232 e. The summed E-state index contributed by atoms with van der Waals surface area (Å²) in [4.78, 5) is 13.6. The van der Waals surface area contributed by atoms with Gasteiger partial charge in [0, 0.05) is 36.8 Å². The van der Waals surface area contributed by atoms with Gasteiger partial charge in [-0.3, -0.25) is 15.6 Å². The second-order valence-electron chi connectivity index (χ2n) is 5.87. The Bertz CT molecular complexity index is 787. The Labute approximate surface area is 153 Å². The SMILES string of the molecule is OCN1CC([C@H](O)Oc2cc(Nc3nc(O)cc(NO)n3)ccc2OO)C1. The maximum atomic E-state index is 10.2. The molecule has 1 atom stereocenters. The first-order valence-electron chi connectivity index (χ1n) is 7.91. The van der Waals surface area contributed by atoms with Crippen LogP contribution in [0.4, 0.5) is 17.5 Å². The van der Waals surface area contributed by atoms with E-state index in [1.165, 1.54) is 18.2 Å². The lowest BCUT2D eigenvalue weighted by molar-refractivity contribution is -0.149. The lowest BCUT2D eigenvalue weighted by Gasteiger charge is -2.39. The van der Waals surface area contributed by atoms with Gasteiger partial charge < -0.3 is 30.3 Å². The number of hydrogen-bond acceptors (Lipinski definition) is 12. The van der Waals surface area contributed by atoms with Crippen molar-refractivity contribution in [3.63, 3.8) is 0 Å². The summed E-state index contributed by atoms with van der Waals surface area (Å²) < 4.78 is 5.46. The van der Waals surface area contributed by atoms with Gasteiger partial charge >= 0.3 is 0 Å². The first-order valence-corrected chi connectivity index (χ1v) is 7.91. The van der Waals surface area contributed by atoms with Crippen LogP contribution in [0, 0.1) is 5.92 Å². The van der Waals surface area contributed by atoms with Crippen LogP contribution in [0.15, 0.2) is 24.3 Å². The minimum absolute atomic E-state index is 0.0201. The normalized spacial score (nSPS) is 15.7. The quantitative estimate of drug-likeness (QED) is 0.188. The van der Waals surface area contributed by atoms with Gasteiger partial charge in [0.1, 0.15) is 0 Å². The molecule has 2 aromatic rings. The van der Waals surface area contributed by atoms with Crippen molar-refractivity contribution in [2.75, 3.05) is 30.6 Å². The average Bonchev–Trinajstić information content (AvgIpc) is 2.60. The largest absolute Gasteiger partial charge is 0.493 e. The van der Waals surface area contributed by atoms with Crippen molar-refractivity contribution in [3.8, 4) is 17.4 Å². The van der Waals surface area contributed by atoms with Gasteiger partial charge in [-0.05, 0) is 12.1 Å². The number of aromatic hydroxyl groups is 1. The molecule has 0 radical (unpaired) electrons. The third-order valence-electron chi connectivity index (χ3n) is 3.96. The highest BCUT2D eigenvalue weighted by molar-refractivity contribution is 5.60. The molecule has 0 amide bonds. The van der Waals surface area contributed by atoms with Crippen LogP contribution >= 0.6 is 0 Å². The number of hydrogen-bond donors (Lipinski definition) is 7. The molecule has 3 rings (SSSR count). The molecule has 1 fully saturated rings. The molecular weight excluding hydrogens is 362 g/mol. The number of nitrogens with one attached hydrogen (secondary N) is 2. The van der Waals surface area contributed by atoms with Crippen LogP contribution in [0.3, 0.4) is 0 Å². The zero-order chi connectivity index (χ0) is 19.4. The van der Waals surface area contributed by atoms with E-state index in [1.54, 1.807) is 10.4 Å². The highest BCUT2D eigenvalue weighted by atomic mass is 17.1. The zero-order valence-electron chi connectivity index (χ0n) is 14.0. The summed E-state index contributed by atoms with van der Waals surface area (Å²) in [7, 11) is 0. The van der Waals surface area contributed by atoms with Crippen LogP contribution in [0.5, 0.6) is 17.4 Å². The van der Waals surface area contributed by atoms with E-state index in [0.29, 0.717) is 18.8 Å². The van der Waals surface area contributed by atoms with E-state index in [9.17, 15) is 10.2 Å². The predicted molar refractivity (Wildman–Crippen MR) is 90.9 cm³/mol. The predicted octanol–water partition coefficient (Wildman–Crippen LogP) is 0.157. The summed E-state index contributed by atoms with van der Waals surface area (Å²) in [5, 5.41) is 49.3. The van der Waals surface area contributed by atoms with Crippen LogP contribution < -0.4 is 20.4 Å². The Balaban J connectivity index is 1.74. The minimum Gasteiger partial charge on any atom is -0.493 e. The highest BCUT2D eigenvalue weighted by Gasteiger charge is 2.33. The molecular formula is C15H19N5O7.